The highest BCUT2D eigenvalue weighted by Gasteiger charge is 2.28. The molecule has 1 unspecified atom stereocenters. The third-order valence-electron chi connectivity index (χ3n) is 7.18. The molecule has 1 aliphatic heterocycles. The van der Waals surface area contributed by atoms with E-state index in [9.17, 15) is 19.5 Å². The van der Waals surface area contributed by atoms with Gasteiger partial charge in [-0.3, -0.25) is 9.36 Å². The van der Waals surface area contributed by atoms with E-state index in [0.717, 1.165) is 10.9 Å². The Bertz CT molecular complexity index is 1680. The molecule has 0 aliphatic carbocycles. The van der Waals surface area contributed by atoms with Crippen LogP contribution in [0.25, 0.3) is 10.9 Å². The largest absolute Gasteiger partial charge is 0.464 e. The predicted octanol–water partition coefficient (Wildman–Crippen LogP) is 5.51. The zero-order valence-electron chi connectivity index (χ0n) is 24.9. The number of para-hydroxylation sites is 1. The molecule has 2 aromatic carbocycles. The van der Waals surface area contributed by atoms with Crippen LogP contribution in [0.2, 0.25) is 0 Å². The van der Waals surface area contributed by atoms with E-state index in [1.807, 2.05) is 32.0 Å². The highest BCUT2D eigenvalue weighted by Crippen LogP contribution is 2.36. The number of aryl methyl sites for hydroxylation is 1. The summed E-state index contributed by atoms with van der Waals surface area (Å²) in [5.41, 5.74) is 2.01. The van der Waals surface area contributed by atoms with E-state index in [2.05, 4.69) is 10.3 Å². The number of carboxylic acid groups (broad SMARTS) is 1. The number of amides is 1. The van der Waals surface area contributed by atoms with Crippen LogP contribution in [0.1, 0.15) is 63.2 Å². The minimum Gasteiger partial charge on any atom is -0.464 e. The fraction of sp³-hybridized carbons (Fsp3) is 0.375. The lowest BCUT2D eigenvalue weighted by Crippen LogP contribution is -2.38. The number of rotatable bonds is 8. The number of imidazole rings is 1. The molecule has 43 heavy (non-hydrogen) atoms. The van der Waals surface area contributed by atoms with E-state index in [0.29, 0.717) is 46.9 Å². The zero-order chi connectivity index (χ0) is 30.9. The Morgan fingerprint density at radius 2 is 1.79 bits per heavy atom. The summed E-state index contributed by atoms with van der Waals surface area (Å²) in [6.45, 7) is 9.29. The number of hydrogen-bond acceptors (Lipinski definition) is 7. The van der Waals surface area contributed by atoms with Crippen molar-refractivity contribution in [1.82, 2.24) is 19.4 Å². The quantitative estimate of drug-likeness (QED) is 0.275. The molecule has 0 bridgehead atoms. The van der Waals surface area contributed by atoms with Crippen LogP contribution in [0, 0.1) is 0 Å². The van der Waals surface area contributed by atoms with Gasteiger partial charge in [-0.2, -0.15) is 0 Å². The Balaban J connectivity index is 1.41. The van der Waals surface area contributed by atoms with Crippen LogP contribution < -0.4 is 14.8 Å². The van der Waals surface area contributed by atoms with Crippen LogP contribution in [-0.2, 0) is 28.8 Å². The van der Waals surface area contributed by atoms with Crippen LogP contribution in [0.3, 0.4) is 0 Å². The molecule has 0 saturated carbocycles. The minimum absolute atomic E-state index is 0.108. The highest BCUT2D eigenvalue weighted by atomic mass is 16.7. The maximum atomic E-state index is 13.9. The minimum atomic E-state index is -1.07. The van der Waals surface area contributed by atoms with Gasteiger partial charge in [0.15, 0.2) is 11.5 Å². The number of carbonyl (C=O) groups is 3. The van der Waals surface area contributed by atoms with Crippen molar-refractivity contribution in [3.8, 4) is 11.5 Å². The number of fused-ring (bicyclic) bond motifs is 2. The summed E-state index contributed by atoms with van der Waals surface area (Å²) in [5.74, 6) is 0.798. The van der Waals surface area contributed by atoms with Crippen LogP contribution in [0.15, 0.2) is 54.9 Å². The van der Waals surface area contributed by atoms with Crippen LogP contribution in [0.4, 0.5) is 9.59 Å². The van der Waals surface area contributed by atoms with Gasteiger partial charge in [0.05, 0.1) is 17.1 Å². The molecular formula is C32H36N4O7. The summed E-state index contributed by atoms with van der Waals surface area (Å²) in [4.78, 5) is 43.2. The van der Waals surface area contributed by atoms with Crippen LogP contribution in [0.5, 0.6) is 11.5 Å². The Hall–Kier alpha value is -4.80. The van der Waals surface area contributed by atoms with Crippen molar-refractivity contribution in [1.29, 1.82) is 0 Å². The molecule has 4 aromatic rings. The molecule has 5 rings (SSSR count). The van der Waals surface area contributed by atoms with Crippen molar-refractivity contribution < 1.29 is 33.7 Å². The Labute approximate surface area is 249 Å². The second kappa shape index (κ2) is 11.8. The Morgan fingerprint density at radius 1 is 1.05 bits per heavy atom. The van der Waals surface area contributed by atoms with Gasteiger partial charge in [0, 0.05) is 36.7 Å². The number of carbonyl (C=O) groups excluding carboxylic acids is 2. The topological polar surface area (TPSA) is 134 Å². The van der Waals surface area contributed by atoms with E-state index in [-0.39, 0.29) is 25.2 Å². The van der Waals surface area contributed by atoms with Gasteiger partial charge in [0.25, 0.3) is 0 Å². The summed E-state index contributed by atoms with van der Waals surface area (Å²) in [7, 11) is 0. The predicted molar refractivity (Wildman–Crippen MR) is 159 cm³/mol. The van der Waals surface area contributed by atoms with Crippen molar-refractivity contribution in [2.75, 3.05) is 6.79 Å². The third-order valence-corrected chi connectivity index (χ3v) is 7.18. The van der Waals surface area contributed by atoms with Crippen LogP contribution in [-0.4, -0.2) is 55.8 Å². The second-order valence-electron chi connectivity index (χ2n) is 11.7. The lowest BCUT2D eigenvalue weighted by molar-refractivity contribution is -0.123. The van der Waals surface area contributed by atoms with Gasteiger partial charge >= 0.3 is 12.2 Å². The van der Waals surface area contributed by atoms with Gasteiger partial charge in [-0.25, -0.2) is 19.1 Å². The number of aromatic nitrogens is 3. The Kier molecular flexibility index (Phi) is 8.16. The number of nitrogens with one attached hydrogen (secondary N) is 1. The van der Waals surface area contributed by atoms with E-state index in [1.54, 1.807) is 57.4 Å². The summed E-state index contributed by atoms with van der Waals surface area (Å²) < 4.78 is 19.2. The first-order valence-corrected chi connectivity index (χ1v) is 14.3. The first-order chi connectivity index (χ1) is 20.4. The maximum Gasteiger partial charge on any atom is 0.419 e. The average molecular weight is 589 g/mol. The molecule has 0 fully saturated rings. The summed E-state index contributed by atoms with van der Waals surface area (Å²) >= 11 is 0. The SMILES string of the molecule is CCc1nc(CC(C(=O)N[C@H](C)Cc2cn(C(=O)O)c3ccccc23)c2ccc3c(c2)OCO3)cn1C(=O)OC(C)(C)C. The molecule has 0 saturated heterocycles. The lowest BCUT2D eigenvalue weighted by atomic mass is 9.92. The molecule has 2 N–H and O–H groups in total. The highest BCUT2D eigenvalue weighted by molar-refractivity contribution is 5.91. The van der Waals surface area contributed by atoms with Gasteiger partial charge in [0.1, 0.15) is 11.4 Å². The third kappa shape index (κ3) is 6.50. The molecule has 3 heterocycles. The van der Waals surface area contributed by atoms with E-state index in [4.69, 9.17) is 14.2 Å². The summed E-state index contributed by atoms with van der Waals surface area (Å²) in [6, 6.07) is 12.4. The van der Waals surface area contributed by atoms with Crippen molar-refractivity contribution in [3.63, 3.8) is 0 Å². The molecule has 0 radical (unpaired) electrons. The fourth-order valence-electron chi connectivity index (χ4n) is 5.29. The van der Waals surface area contributed by atoms with Gasteiger partial charge < -0.3 is 24.6 Å². The second-order valence-corrected chi connectivity index (χ2v) is 11.7. The van der Waals surface area contributed by atoms with E-state index >= 15 is 0 Å². The normalized spacial score (nSPS) is 14.0. The fourth-order valence-corrected chi connectivity index (χ4v) is 5.29. The standard InChI is InChI=1S/C32H36N4O7/c1-6-28-34-22(17-36(28)31(40)43-32(3,4)5)15-24(20-11-12-26-27(14-20)42-18-41-26)29(37)33-19(2)13-21-16-35(30(38)39)25-10-8-7-9-23(21)25/h7-12,14,16-17,19,24H,6,13,15,18H2,1-5H3,(H,33,37)(H,38,39)/t19-,24?/m1/s1. The number of benzene rings is 2. The first kappa shape index (κ1) is 29.7. The summed E-state index contributed by atoms with van der Waals surface area (Å²) in [5, 5.41) is 13.6. The van der Waals surface area contributed by atoms with Crippen molar-refractivity contribution in [2.45, 2.75) is 71.4 Å². The average Bonchev–Trinajstić information content (AvgIpc) is 3.67. The molecule has 226 valence electrons. The molecule has 1 aliphatic rings. The van der Waals surface area contributed by atoms with Crippen molar-refractivity contribution >= 4 is 29.0 Å². The Morgan fingerprint density at radius 3 is 2.51 bits per heavy atom. The molecule has 1 amide bonds. The molecule has 11 heteroatoms. The van der Waals surface area contributed by atoms with Gasteiger partial charge in [-0.15, -0.1) is 0 Å². The maximum absolute atomic E-state index is 13.9. The van der Waals surface area contributed by atoms with E-state index < -0.39 is 23.7 Å². The first-order valence-electron chi connectivity index (χ1n) is 14.3. The monoisotopic (exact) mass is 588 g/mol. The van der Waals surface area contributed by atoms with Crippen molar-refractivity contribution in [2.24, 2.45) is 0 Å². The zero-order valence-corrected chi connectivity index (χ0v) is 24.9. The number of nitrogens with zero attached hydrogens (tertiary/aromatic N) is 3. The van der Waals surface area contributed by atoms with Crippen molar-refractivity contribution in [3.05, 3.63) is 77.5 Å². The van der Waals surface area contributed by atoms with E-state index in [1.165, 1.54) is 9.13 Å². The van der Waals surface area contributed by atoms with Gasteiger partial charge in [-0.1, -0.05) is 31.2 Å². The molecule has 11 nitrogen and oxygen atoms in total. The van der Waals surface area contributed by atoms with Gasteiger partial charge in [-0.05, 0) is 63.4 Å². The summed E-state index contributed by atoms with van der Waals surface area (Å²) in [6.07, 6.45) is 2.78. The smallest absolute Gasteiger partial charge is 0.419 e. The molecule has 0 spiro atoms. The molecular weight excluding hydrogens is 552 g/mol. The lowest BCUT2D eigenvalue weighted by Gasteiger charge is -2.21. The van der Waals surface area contributed by atoms with Gasteiger partial charge in [0.2, 0.25) is 12.7 Å². The molecule has 2 aromatic heterocycles. The van der Waals surface area contributed by atoms with Crippen LogP contribution >= 0.6 is 0 Å². The molecule has 2 atom stereocenters. The number of hydrogen-bond donors (Lipinski definition) is 2. The number of ether oxygens (including phenoxy) is 3.